The molecule has 0 aliphatic heterocycles. The standard InChI is InChI=1S/C15H18/c1-10(2)13-7-4-6-12-9-11-5-3-8-14(11)15(12)13/h4,6-7,10H,3,5,8-9H2,1-2H3. The highest BCUT2D eigenvalue weighted by molar-refractivity contribution is 5.80. The van der Waals surface area contributed by atoms with Gasteiger partial charge in [-0.2, -0.15) is 0 Å². The molecule has 0 radical (unpaired) electrons. The summed E-state index contributed by atoms with van der Waals surface area (Å²) in [6.07, 6.45) is 5.30. The molecule has 2 aliphatic rings. The lowest BCUT2D eigenvalue weighted by Gasteiger charge is -2.14. The Balaban J connectivity index is 2.18. The summed E-state index contributed by atoms with van der Waals surface area (Å²) in [5.74, 6) is 0.660. The van der Waals surface area contributed by atoms with Crippen molar-refractivity contribution >= 4 is 5.57 Å². The van der Waals surface area contributed by atoms with Crippen LogP contribution in [0.2, 0.25) is 0 Å². The molecule has 0 heteroatoms. The molecule has 0 heterocycles. The van der Waals surface area contributed by atoms with E-state index in [2.05, 4.69) is 32.0 Å². The molecule has 0 saturated heterocycles. The van der Waals surface area contributed by atoms with Gasteiger partial charge < -0.3 is 0 Å². The zero-order valence-corrected chi connectivity index (χ0v) is 9.64. The van der Waals surface area contributed by atoms with Crippen LogP contribution in [0.5, 0.6) is 0 Å². The van der Waals surface area contributed by atoms with Gasteiger partial charge in [-0.1, -0.05) is 37.6 Å². The van der Waals surface area contributed by atoms with Crippen molar-refractivity contribution in [3.63, 3.8) is 0 Å². The number of allylic oxidation sites excluding steroid dienone is 2. The van der Waals surface area contributed by atoms with Gasteiger partial charge in [0.05, 0.1) is 0 Å². The second kappa shape index (κ2) is 3.23. The summed E-state index contributed by atoms with van der Waals surface area (Å²) >= 11 is 0. The SMILES string of the molecule is CC(C)c1cccc2c1C1=C(CCC1)C2. The number of benzene rings is 1. The molecule has 0 amide bonds. The van der Waals surface area contributed by atoms with E-state index in [4.69, 9.17) is 0 Å². The van der Waals surface area contributed by atoms with Crippen LogP contribution in [0.15, 0.2) is 23.8 Å². The summed E-state index contributed by atoms with van der Waals surface area (Å²) in [6.45, 7) is 4.62. The molecule has 0 nitrogen and oxygen atoms in total. The van der Waals surface area contributed by atoms with E-state index >= 15 is 0 Å². The summed E-state index contributed by atoms with van der Waals surface area (Å²) < 4.78 is 0. The quantitative estimate of drug-likeness (QED) is 0.631. The van der Waals surface area contributed by atoms with Crippen LogP contribution in [0.1, 0.15) is 55.7 Å². The first-order chi connectivity index (χ1) is 7.27. The molecule has 0 atom stereocenters. The van der Waals surface area contributed by atoms with E-state index in [1.54, 1.807) is 27.8 Å². The summed E-state index contributed by atoms with van der Waals surface area (Å²) in [7, 11) is 0. The van der Waals surface area contributed by atoms with Gasteiger partial charge in [0.1, 0.15) is 0 Å². The van der Waals surface area contributed by atoms with Crippen LogP contribution in [0, 0.1) is 0 Å². The summed E-state index contributed by atoms with van der Waals surface area (Å²) in [4.78, 5) is 0. The zero-order valence-electron chi connectivity index (χ0n) is 9.64. The highest BCUT2D eigenvalue weighted by atomic mass is 14.3. The maximum atomic E-state index is 2.32. The third-order valence-electron chi connectivity index (χ3n) is 3.84. The van der Waals surface area contributed by atoms with Crippen molar-refractivity contribution in [3.8, 4) is 0 Å². The van der Waals surface area contributed by atoms with Crippen LogP contribution in [0.25, 0.3) is 5.57 Å². The fourth-order valence-electron chi connectivity index (χ4n) is 3.15. The Morgan fingerprint density at radius 2 is 2.00 bits per heavy atom. The minimum absolute atomic E-state index is 0.660. The van der Waals surface area contributed by atoms with Crippen LogP contribution >= 0.6 is 0 Å². The average molecular weight is 198 g/mol. The van der Waals surface area contributed by atoms with Crippen molar-refractivity contribution in [3.05, 3.63) is 40.5 Å². The predicted molar refractivity (Wildman–Crippen MR) is 65.0 cm³/mol. The van der Waals surface area contributed by atoms with Gasteiger partial charge in [0.2, 0.25) is 0 Å². The van der Waals surface area contributed by atoms with E-state index in [-0.39, 0.29) is 0 Å². The van der Waals surface area contributed by atoms with E-state index < -0.39 is 0 Å². The largest absolute Gasteiger partial charge is 0.0620 e. The predicted octanol–water partition coefficient (Wildman–Crippen LogP) is 4.30. The molecular formula is C15H18. The fraction of sp³-hybridized carbons (Fsp3) is 0.467. The summed E-state index contributed by atoms with van der Waals surface area (Å²) in [5.41, 5.74) is 8.22. The molecule has 0 spiro atoms. The van der Waals surface area contributed by atoms with Crippen LogP contribution < -0.4 is 0 Å². The molecule has 0 fully saturated rings. The second-order valence-electron chi connectivity index (χ2n) is 5.15. The van der Waals surface area contributed by atoms with Gasteiger partial charge in [-0.25, -0.2) is 0 Å². The van der Waals surface area contributed by atoms with Crippen LogP contribution in [-0.2, 0) is 6.42 Å². The maximum Gasteiger partial charge on any atom is -0.00549 e. The first-order valence-electron chi connectivity index (χ1n) is 6.10. The lowest BCUT2D eigenvalue weighted by molar-refractivity contribution is 0.847. The molecule has 0 saturated carbocycles. The highest BCUT2D eigenvalue weighted by Gasteiger charge is 2.27. The smallest absolute Gasteiger partial charge is 0.00549 e. The van der Waals surface area contributed by atoms with Gasteiger partial charge in [-0.05, 0) is 53.9 Å². The van der Waals surface area contributed by atoms with Gasteiger partial charge in [-0.3, -0.25) is 0 Å². The van der Waals surface area contributed by atoms with Crippen molar-refractivity contribution in [2.75, 3.05) is 0 Å². The molecule has 2 aliphatic carbocycles. The first-order valence-corrected chi connectivity index (χ1v) is 6.10. The molecule has 0 unspecified atom stereocenters. The number of fused-ring (bicyclic) bond motifs is 2. The van der Waals surface area contributed by atoms with Gasteiger partial charge in [-0.15, -0.1) is 0 Å². The van der Waals surface area contributed by atoms with Crippen molar-refractivity contribution < 1.29 is 0 Å². The van der Waals surface area contributed by atoms with E-state index in [0.29, 0.717) is 5.92 Å². The Hall–Kier alpha value is -1.04. The van der Waals surface area contributed by atoms with Crippen molar-refractivity contribution in [1.82, 2.24) is 0 Å². The van der Waals surface area contributed by atoms with Gasteiger partial charge >= 0.3 is 0 Å². The third-order valence-corrected chi connectivity index (χ3v) is 3.84. The average Bonchev–Trinajstić information content (AvgIpc) is 2.75. The molecule has 0 bridgehead atoms. The topological polar surface area (TPSA) is 0 Å². The van der Waals surface area contributed by atoms with Crippen LogP contribution in [0.4, 0.5) is 0 Å². The Labute approximate surface area is 92.0 Å². The Morgan fingerprint density at radius 1 is 1.13 bits per heavy atom. The number of hydrogen-bond donors (Lipinski definition) is 0. The van der Waals surface area contributed by atoms with Crippen LogP contribution in [0.3, 0.4) is 0 Å². The molecular weight excluding hydrogens is 180 g/mol. The molecule has 1 aromatic rings. The number of hydrogen-bond acceptors (Lipinski definition) is 0. The minimum atomic E-state index is 0.660. The molecule has 15 heavy (non-hydrogen) atoms. The Morgan fingerprint density at radius 3 is 2.80 bits per heavy atom. The molecule has 3 rings (SSSR count). The fourth-order valence-corrected chi connectivity index (χ4v) is 3.15. The second-order valence-corrected chi connectivity index (χ2v) is 5.15. The Kier molecular flexibility index (Phi) is 1.98. The number of rotatable bonds is 1. The molecule has 0 N–H and O–H groups in total. The van der Waals surface area contributed by atoms with E-state index in [0.717, 1.165) is 0 Å². The van der Waals surface area contributed by atoms with Crippen molar-refractivity contribution in [1.29, 1.82) is 0 Å². The normalized spacial score (nSPS) is 18.6. The third kappa shape index (κ3) is 1.27. The Bertz CT molecular complexity index is 435. The van der Waals surface area contributed by atoms with Crippen LogP contribution in [-0.4, -0.2) is 0 Å². The lowest BCUT2D eigenvalue weighted by atomic mass is 9.91. The van der Waals surface area contributed by atoms with E-state index in [1.165, 1.54) is 25.7 Å². The lowest BCUT2D eigenvalue weighted by Crippen LogP contribution is -1.96. The van der Waals surface area contributed by atoms with Crippen molar-refractivity contribution in [2.45, 2.75) is 45.4 Å². The van der Waals surface area contributed by atoms with E-state index in [1.807, 2.05) is 0 Å². The van der Waals surface area contributed by atoms with E-state index in [9.17, 15) is 0 Å². The molecule has 1 aromatic carbocycles. The molecule has 0 aromatic heterocycles. The first kappa shape index (κ1) is 9.21. The zero-order chi connectivity index (χ0) is 10.4. The minimum Gasteiger partial charge on any atom is -0.0620 e. The summed E-state index contributed by atoms with van der Waals surface area (Å²) in [5, 5.41) is 0. The van der Waals surface area contributed by atoms with Gasteiger partial charge in [0.25, 0.3) is 0 Å². The van der Waals surface area contributed by atoms with Crippen molar-refractivity contribution in [2.24, 2.45) is 0 Å². The van der Waals surface area contributed by atoms with Gasteiger partial charge in [0.15, 0.2) is 0 Å². The van der Waals surface area contributed by atoms with Gasteiger partial charge in [0, 0.05) is 0 Å². The monoisotopic (exact) mass is 198 g/mol. The highest BCUT2D eigenvalue weighted by Crippen LogP contribution is 2.45. The maximum absolute atomic E-state index is 2.32. The molecule has 78 valence electrons. The summed E-state index contributed by atoms with van der Waals surface area (Å²) in [6, 6.07) is 6.87.